The van der Waals surface area contributed by atoms with E-state index in [2.05, 4.69) is 0 Å². The number of nitrogens with zero attached hydrogens (tertiary/aromatic N) is 1. The minimum Gasteiger partial charge on any atom is -0.457 e. The van der Waals surface area contributed by atoms with E-state index in [1.54, 1.807) is 4.90 Å². The lowest BCUT2D eigenvalue weighted by Crippen LogP contribution is -2.27. The first-order valence-electron chi connectivity index (χ1n) is 7.06. The van der Waals surface area contributed by atoms with Gasteiger partial charge in [-0.05, 0) is 18.2 Å². The molecule has 1 aliphatic heterocycles. The van der Waals surface area contributed by atoms with Crippen LogP contribution in [0.5, 0.6) is 11.5 Å². The maximum Gasteiger partial charge on any atom is 0.224 e. The highest BCUT2D eigenvalue weighted by molar-refractivity contribution is 5.79. The van der Waals surface area contributed by atoms with Gasteiger partial charge in [-0.15, -0.1) is 0 Å². The molecule has 2 N–H and O–H groups in total. The Bertz CT molecular complexity index is 628. The Hall–Kier alpha value is -2.33. The number of hydrogen-bond acceptors (Lipinski definition) is 3. The van der Waals surface area contributed by atoms with Gasteiger partial charge in [-0.2, -0.15) is 0 Å². The van der Waals surface area contributed by atoms with Gasteiger partial charge in [0.1, 0.15) is 11.5 Å². The van der Waals surface area contributed by atoms with Crippen LogP contribution in [0.1, 0.15) is 12.0 Å². The fraction of sp³-hybridized carbons (Fsp3) is 0.235. The summed E-state index contributed by atoms with van der Waals surface area (Å²) in [5.74, 6) is 1.67. The van der Waals surface area contributed by atoms with Gasteiger partial charge < -0.3 is 15.4 Å². The number of nitrogens with two attached hydrogens (primary N) is 1. The predicted octanol–water partition coefficient (Wildman–Crippen LogP) is 2.54. The summed E-state index contributed by atoms with van der Waals surface area (Å²) in [5, 5.41) is 0. The number of rotatable bonds is 4. The second-order valence-electron chi connectivity index (χ2n) is 5.26. The monoisotopic (exact) mass is 282 g/mol. The zero-order chi connectivity index (χ0) is 14.7. The SMILES string of the molecule is NC1CC(=O)N(Cc2ccccc2Oc2ccccc2)C1. The molecular weight excluding hydrogens is 264 g/mol. The topological polar surface area (TPSA) is 55.6 Å². The molecule has 1 fully saturated rings. The van der Waals surface area contributed by atoms with Gasteiger partial charge in [-0.1, -0.05) is 36.4 Å². The van der Waals surface area contributed by atoms with Crippen molar-refractivity contribution >= 4 is 5.91 Å². The first-order valence-corrected chi connectivity index (χ1v) is 7.06. The van der Waals surface area contributed by atoms with Crippen LogP contribution in [0.2, 0.25) is 0 Å². The van der Waals surface area contributed by atoms with Crippen LogP contribution < -0.4 is 10.5 Å². The van der Waals surface area contributed by atoms with Gasteiger partial charge in [-0.3, -0.25) is 4.79 Å². The largest absolute Gasteiger partial charge is 0.457 e. The van der Waals surface area contributed by atoms with Crippen LogP contribution in [-0.2, 0) is 11.3 Å². The third kappa shape index (κ3) is 3.23. The smallest absolute Gasteiger partial charge is 0.224 e. The van der Waals surface area contributed by atoms with Gasteiger partial charge in [0.25, 0.3) is 0 Å². The Kier molecular flexibility index (Phi) is 3.88. The van der Waals surface area contributed by atoms with E-state index in [9.17, 15) is 4.79 Å². The number of hydrogen-bond donors (Lipinski definition) is 1. The summed E-state index contributed by atoms with van der Waals surface area (Å²) >= 11 is 0. The molecule has 1 saturated heterocycles. The van der Waals surface area contributed by atoms with E-state index in [1.165, 1.54) is 0 Å². The number of carbonyl (C=O) groups is 1. The highest BCUT2D eigenvalue weighted by Gasteiger charge is 2.27. The first-order chi connectivity index (χ1) is 10.2. The third-order valence-corrected chi connectivity index (χ3v) is 3.55. The van der Waals surface area contributed by atoms with Gasteiger partial charge in [0.15, 0.2) is 0 Å². The van der Waals surface area contributed by atoms with Crippen LogP contribution in [0.25, 0.3) is 0 Å². The van der Waals surface area contributed by atoms with E-state index in [0.29, 0.717) is 19.5 Å². The molecule has 3 rings (SSSR count). The molecule has 4 nitrogen and oxygen atoms in total. The molecule has 108 valence electrons. The van der Waals surface area contributed by atoms with Crippen molar-refractivity contribution in [3.63, 3.8) is 0 Å². The van der Waals surface area contributed by atoms with Gasteiger partial charge >= 0.3 is 0 Å². The average Bonchev–Trinajstić information content (AvgIpc) is 2.80. The molecule has 2 aromatic rings. The van der Waals surface area contributed by atoms with E-state index >= 15 is 0 Å². The number of carbonyl (C=O) groups excluding carboxylic acids is 1. The minimum absolute atomic E-state index is 0.0558. The molecule has 0 bridgehead atoms. The normalized spacial score (nSPS) is 18.0. The van der Waals surface area contributed by atoms with E-state index in [4.69, 9.17) is 10.5 Å². The quantitative estimate of drug-likeness (QED) is 0.937. The Balaban J connectivity index is 1.78. The molecule has 0 spiro atoms. The van der Waals surface area contributed by atoms with E-state index in [1.807, 2.05) is 54.6 Å². The van der Waals surface area contributed by atoms with Crippen LogP contribution in [-0.4, -0.2) is 23.4 Å². The second kappa shape index (κ2) is 5.97. The molecule has 0 aliphatic carbocycles. The highest BCUT2D eigenvalue weighted by atomic mass is 16.5. The lowest BCUT2D eigenvalue weighted by molar-refractivity contribution is -0.128. The number of para-hydroxylation sites is 2. The Morgan fingerprint density at radius 3 is 2.52 bits per heavy atom. The Morgan fingerprint density at radius 1 is 1.10 bits per heavy atom. The van der Waals surface area contributed by atoms with Crippen molar-refractivity contribution in [1.82, 2.24) is 4.90 Å². The Labute approximate surface area is 124 Å². The second-order valence-corrected chi connectivity index (χ2v) is 5.26. The summed E-state index contributed by atoms with van der Waals surface area (Å²) in [7, 11) is 0. The van der Waals surface area contributed by atoms with Crippen molar-refractivity contribution in [3.8, 4) is 11.5 Å². The Morgan fingerprint density at radius 2 is 1.81 bits per heavy atom. The van der Waals surface area contributed by atoms with E-state index in [-0.39, 0.29) is 11.9 Å². The third-order valence-electron chi connectivity index (χ3n) is 3.55. The zero-order valence-electron chi connectivity index (χ0n) is 11.7. The summed E-state index contributed by atoms with van der Waals surface area (Å²) in [6.07, 6.45) is 0.432. The van der Waals surface area contributed by atoms with Crippen LogP contribution in [0.3, 0.4) is 0 Å². The van der Waals surface area contributed by atoms with Crippen LogP contribution in [0, 0.1) is 0 Å². The number of benzene rings is 2. The summed E-state index contributed by atoms with van der Waals surface area (Å²) in [5.41, 5.74) is 6.83. The fourth-order valence-electron chi connectivity index (χ4n) is 2.51. The summed E-state index contributed by atoms with van der Waals surface area (Å²) in [4.78, 5) is 13.7. The van der Waals surface area contributed by atoms with Crippen molar-refractivity contribution in [3.05, 3.63) is 60.2 Å². The van der Waals surface area contributed by atoms with Crippen LogP contribution in [0.4, 0.5) is 0 Å². The van der Waals surface area contributed by atoms with Crippen molar-refractivity contribution in [2.75, 3.05) is 6.54 Å². The maximum atomic E-state index is 11.9. The summed E-state index contributed by atoms with van der Waals surface area (Å²) in [6.45, 7) is 1.15. The first kappa shape index (κ1) is 13.6. The molecule has 1 atom stereocenters. The number of ether oxygens (including phenoxy) is 1. The van der Waals surface area contributed by atoms with E-state index in [0.717, 1.165) is 17.1 Å². The van der Waals surface area contributed by atoms with Crippen molar-refractivity contribution in [2.45, 2.75) is 19.0 Å². The zero-order valence-corrected chi connectivity index (χ0v) is 11.7. The van der Waals surface area contributed by atoms with Gasteiger partial charge in [0.2, 0.25) is 5.91 Å². The molecule has 0 aromatic heterocycles. The molecule has 1 amide bonds. The molecule has 1 aliphatic rings. The minimum atomic E-state index is -0.0558. The maximum absolute atomic E-state index is 11.9. The molecule has 2 aromatic carbocycles. The molecule has 0 saturated carbocycles. The van der Waals surface area contributed by atoms with Crippen molar-refractivity contribution in [2.24, 2.45) is 5.73 Å². The molecule has 0 radical (unpaired) electrons. The molecule has 1 heterocycles. The fourth-order valence-corrected chi connectivity index (χ4v) is 2.51. The van der Waals surface area contributed by atoms with Gasteiger partial charge in [0.05, 0.1) is 0 Å². The lowest BCUT2D eigenvalue weighted by atomic mass is 10.2. The average molecular weight is 282 g/mol. The van der Waals surface area contributed by atoms with Crippen LogP contribution in [0.15, 0.2) is 54.6 Å². The molecule has 4 heteroatoms. The number of amides is 1. The molecule has 1 unspecified atom stereocenters. The lowest BCUT2D eigenvalue weighted by Gasteiger charge is -2.18. The van der Waals surface area contributed by atoms with Crippen molar-refractivity contribution in [1.29, 1.82) is 0 Å². The number of likely N-dealkylation sites (tertiary alicyclic amines) is 1. The summed E-state index contributed by atoms with van der Waals surface area (Å²) < 4.78 is 5.91. The summed E-state index contributed by atoms with van der Waals surface area (Å²) in [6, 6.07) is 17.4. The van der Waals surface area contributed by atoms with Gasteiger partial charge in [-0.25, -0.2) is 0 Å². The van der Waals surface area contributed by atoms with Crippen LogP contribution >= 0.6 is 0 Å². The standard InChI is InChI=1S/C17H18N2O2/c18-14-10-17(20)19(12-14)11-13-6-4-5-9-16(13)21-15-7-2-1-3-8-15/h1-9,14H,10-12,18H2. The van der Waals surface area contributed by atoms with Crippen molar-refractivity contribution < 1.29 is 9.53 Å². The van der Waals surface area contributed by atoms with Gasteiger partial charge in [0, 0.05) is 31.1 Å². The highest BCUT2D eigenvalue weighted by Crippen LogP contribution is 2.27. The van der Waals surface area contributed by atoms with E-state index < -0.39 is 0 Å². The predicted molar refractivity (Wildman–Crippen MR) is 81.0 cm³/mol. The molecule has 21 heavy (non-hydrogen) atoms. The molecular formula is C17H18N2O2.